The van der Waals surface area contributed by atoms with E-state index in [1.807, 2.05) is 12.1 Å². The summed E-state index contributed by atoms with van der Waals surface area (Å²) >= 11 is 0. The molecule has 1 unspecified atom stereocenters. The maximum absolute atomic E-state index is 13.1. The Kier molecular flexibility index (Phi) is 4.60. The molecule has 2 heterocycles. The van der Waals surface area contributed by atoms with Crippen molar-refractivity contribution in [2.75, 3.05) is 0 Å². The Morgan fingerprint density at radius 3 is 2.56 bits per heavy atom. The van der Waals surface area contributed by atoms with Crippen LogP contribution in [0, 0.1) is 0 Å². The Labute approximate surface area is 157 Å². The van der Waals surface area contributed by atoms with E-state index in [1.165, 1.54) is 4.57 Å². The molecule has 0 fully saturated rings. The number of benzene rings is 1. The number of para-hydroxylation sites is 1. The summed E-state index contributed by atoms with van der Waals surface area (Å²) in [4.78, 5) is 34.0. The summed E-state index contributed by atoms with van der Waals surface area (Å²) in [5.74, 6) is -0.159. The van der Waals surface area contributed by atoms with Gasteiger partial charge in [0.1, 0.15) is 5.56 Å². The summed E-state index contributed by atoms with van der Waals surface area (Å²) in [6.07, 6.45) is 5.08. The van der Waals surface area contributed by atoms with E-state index >= 15 is 0 Å². The molecule has 7 heteroatoms. The number of rotatable bonds is 4. The minimum Gasteiger partial charge on any atom is -0.294 e. The molecule has 0 spiro atoms. The number of allylic oxidation sites excluding steroid dienone is 1. The molecule has 27 heavy (non-hydrogen) atoms. The van der Waals surface area contributed by atoms with Gasteiger partial charge in [-0.15, -0.1) is 0 Å². The Morgan fingerprint density at radius 2 is 1.81 bits per heavy atom. The van der Waals surface area contributed by atoms with E-state index in [0.29, 0.717) is 11.4 Å². The lowest BCUT2D eigenvalue weighted by Crippen LogP contribution is -2.32. The average molecular weight is 377 g/mol. The molecule has 2 aromatic heterocycles. The number of ketones is 1. The van der Waals surface area contributed by atoms with Crippen LogP contribution >= 0.6 is 0 Å². The van der Waals surface area contributed by atoms with Gasteiger partial charge in [-0.2, -0.15) is 0 Å². The number of aromatic nitrogens is 3. The highest BCUT2D eigenvalue weighted by molar-refractivity contribution is 7.84. The van der Waals surface area contributed by atoms with E-state index in [9.17, 15) is 13.8 Å². The van der Waals surface area contributed by atoms with Crippen molar-refractivity contribution < 1.29 is 9.00 Å². The highest BCUT2D eigenvalue weighted by atomic mass is 32.2. The standard InChI is InChI=1S/C20H15N3O3S/c24-17-11-6-10-16-18(17)19(25)23(15-8-2-1-3-9-15)20(22-16)27(26)13-14-7-4-5-12-21-14/h1-10,12H,11,13H2. The summed E-state index contributed by atoms with van der Waals surface area (Å²) in [6.45, 7) is 0. The molecule has 0 bridgehead atoms. The summed E-state index contributed by atoms with van der Waals surface area (Å²) in [7, 11) is -1.62. The molecule has 1 aromatic carbocycles. The van der Waals surface area contributed by atoms with Gasteiger partial charge in [0.25, 0.3) is 5.56 Å². The first-order chi connectivity index (χ1) is 13.1. The van der Waals surface area contributed by atoms with E-state index in [0.717, 1.165) is 0 Å². The molecule has 0 saturated carbocycles. The number of hydrogen-bond acceptors (Lipinski definition) is 5. The highest BCUT2D eigenvalue weighted by Gasteiger charge is 2.25. The van der Waals surface area contributed by atoms with E-state index in [1.54, 1.807) is 54.7 Å². The van der Waals surface area contributed by atoms with Gasteiger partial charge in [0.2, 0.25) is 5.16 Å². The molecule has 4 rings (SSSR count). The van der Waals surface area contributed by atoms with Crippen LogP contribution in [0.3, 0.4) is 0 Å². The molecule has 0 saturated heterocycles. The lowest BCUT2D eigenvalue weighted by molar-refractivity contribution is 0.0992. The summed E-state index contributed by atoms with van der Waals surface area (Å²) in [6, 6.07) is 14.2. The summed E-state index contributed by atoms with van der Waals surface area (Å²) < 4.78 is 14.3. The minimum atomic E-state index is -1.62. The van der Waals surface area contributed by atoms with Crippen LogP contribution in [0.5, 0.6) is 0 Å². The molecule has 0 aliphatic heterocycles. The van der Waals surface area contributed by atoms with Crippen LogP contribution in [-0.4, -0.2) is 24.5 Å². The third-order valence-corrected chi connectivity index (χ3v) is 5.40. The lowest BCUT2D eigenvalue weighted by atomic mass is 10.0. The molecule has 0 amide bonds. The largest absolute Gasteiger partial charge is 0.294 e. The highest BCUT2D eigenvalue weighted by Crippen LogP contribution is 2.19. The van der Waals surface area contributed by atoms with Crippen molar-refractivity contribution in [1.82, 2.24) is 14.5 Å². The number of pyridine rings is 1. The van der Waals surface area contributed by atoms with E-state index in [4.69, 9.17) is 0 Å². The van der Waals surface area contributed by atoms with Gasteiger partial charge in [-0.1, -0.05) is 30.3 Å². The van der Waals surface area contributed by atoms with Crippen molar-refractivity contribution in [3.8, 4) is 5.69 Å². The van der Waals surface area contributed by atoms with Crippen molar-refractivity contribution >= 4 is 22.7 Å². The molecular weight excluding hydrogens is 362 g/mol. The monoisotopic (exact) mass is 377 g/mol. The zero-order valence-electron chi connectivity index (χ0n) is 14.2. The van der Waals surface area contributed by atoms with E-state index < -0.39 is 16.4 Å². The first-order valence-electron chi connectivity index (χ1n) is 8.35. The van der Waals surface area contributed by atoms with Gasteiger partial charge in [0.15, 0.2) is 5.78 Å². The fourth-order valence-electron chi connectivity index (χ4n) is 2.92. The smallest absolute Gasteiger partial charge is 0.270 e. The molecule has 0 radical (unpaired) electrons. The molecule has 1 aliphatic rings. The lowest BCUT2D eigenvalue weighted by Gasteiger charge is -2.16. The molecule has 6 nitrogen and oxygen atoms in total. The molecule has 1 aliphatic carbocycles. The first kappa shape index (κ1) is 17.2. The molecule has 3 aromatic rings. The van der Waals surface area contributed by atoms with Gasteiger partial charge in [-0.25, -0.2) is 4.98 Å². The van der Waals surface area contributed by atoms with Crippen LogP contribution in [0.2, 0.25) is 0 Å². The third-order valence-electron chi connectivity index (χ3n) is 4.16. The van der Waals surface area contributed by atoms with Crippen LogP contribution in [0.1, 0.15) is 28.2 Å². The van der Waals surface area contributed by atoms with Crippen LogP contribution in [0.15, 0.2) is 70.8 Å². The van der Waals surface area contributed by atoms with E-state index in [2.05, 4.69) is 9.97 Å². The maximum Gasteiger partial charge on any atom is 0.270 e. The number of fused-ring (bicyclic) bond motifs is 1. The predicted octanol–water partition coefficient (Wildman–Crippen LogP) is 2.53. The number of carbonyl (C=O) groups is 1. The van der Waals surface area contributed by atoms with Crippen LogP contribution in [0.4, 0.5) is 0 Å². The number of carbonyl (C=O) groups excluding carboxylic acids is 1. The minimum absolute atomic E-state index is 0.0416. The van der Waals surface area contributed by atoms with Crippen LogP contribution in [0.25, 0.3) is 11.8 Å². The van der Waals surface area contributed by atoms with Gasteiger partial charge in [-0.3, -0.25) is 23.3 Å². The molecule has 1 atom stereocenters. The Hall–Kier alpha value is -3.19. The summed E-state index contributed by atoms with van der Waals surface area (Å²) in [5.41, 5.74) is 0.969. The molecule has 134 valence electrons. The second-order valence-electron chi connectivity index (χ2n) is 5.97. The Morgan fingerprint density at radius 1 is 1.04 bits per heavy atom. The Balaban J connectivity index is 1.91. The zero-order valence-corrected chi connectivity index (χ0v) is 15.1. The van der Waals surface area contributed by atoms with Crippen molar-refractivity contribution in [2.45, 2.75) is 17.3 Å². The first-order valence-corrected chi connectivity index (χ1v) is 9.67. The van der Waals surface area contributed by atoms with Crippen molar-refractivity contribution in [2.24, 2.45) is 0 Å². The quantitative estimate of drug-likeness (QED) is 0.653. The Bertz CT molecular complexity index is 1120. The van der Waals surface area contributed by atoms with Gasteiger partial charge < -0.3 is 0 Å². The predicted molar refractivity (Wildman–Crippen MR) is 102 cm³/mol. The molecular formula is C20H15N3O3S. The number of Topliss-reactive ketones (excluding diaryl/α,β-unsaturated/α-hetero) is 1. The number of hydrogen-bond donors (Lipinski definition) is 0. The second-order valence-corrected chi connectivity index (χ2v) is 7.32. The normalized spacial score (nSPS) is 14.0. The zero-order chi connectivity index (χ0) is 18.8. The number of nitrogens with zero attached hydrogens (tertiary/aromatic N) is 3. The topological polar surface area (TPSA) is 81.9 Å². The van der Waals surface area contributed by atoms with Gasteiger partial charge in [0, 0.05) is 12.6 Å². The SMILES string of the molecule is O=C1CC=Cc2nc(S(=O)Cc3ccccn3)n(-c3ccccc3)c(=O)c21. The van der Waals surface area contributed by atoms with Crippen LogP contribution < -0.4 is 5.56 Å². The van der Waals surface area contributed by atoms with Crippen molar-refractivity contribution in [1.29, 1.82) is 0 Å². The third kappa shape index (κ3) is 3.29. The van der Waals surface area contributed by atoms with Crippen molar-refractivity contribution in [3.63, 3.8) is 0 Å². The average Bonchev–Trinajstić information content (AvgIpc) is 2.69. The van der Waals surface area contributed by atoms with Crippen molar-refractivity contribution in [3.05, 3.63) is 88.1 Å². The van der Waals surface area contributed by atoms with Crippen LogP contribution in [-0.2, 0) is 16.6 Å². The van der Waals surface area contributed by atoms with Gasteiger partial charge in [-0.05, 0) is 30.3 Å². The fraction of sp³-hybridized carbons (Fsp3) is 0.100. The van der Waals surface area contributed by atoms with Gasteiger partial charge >= 0.3 is 0 Å². The maximum atomic E-state index is 13.1. The van der Waals surface area contributed by atoms with E-state index in [-0.39, 0.29) is 34.4 Å². The molecule has 0 N–H and O–H groups in total. The summed E-state index contributed by atoms with van der Waals surface area (Å²) in [5, 5.41) is 0.106. The fourth-order valence-corrected chi connectivity index (χ4v) is 4.08. The second kappa shape index (κ2) is 7.20. The van der Waals surface area contributed by atoms with Gasteiger partial charge in [0.05, 0.1) is 33.6 Å².